The van der Waals surface area contributed by atoms with Crippen molar-refractivity contribution in [2.24, 2.45) is 5.16 Å². The van der Waals surface area contributed by atoms with Crippen LogP contribution in [0.3, 0.4) is 0 Å². The molecule has 0 aliphatic carbocycles. The summed E-state index contributed by atoms with van der Waals surface area (Å²) in [7, 11) is 1.63. The molecule has 0 amide bonds. The van der Waals surface area contributed by atoms with E-state index in [1.807, 2.05) is 73.7 Å². The molecule has 10 nitrogen and oxygen atoms in total. The van der Waals surface area contributed by atoms with Crippen LogP contribution in [-0.2, 0) is 11.4 Å². The van der Waals surface area contributed by atoms with Gasteiger partial charge in [0.15, 0.2) is 18.1 Å². The summed E-state index contributed by atoms with van der Waals surface area (Å²) >= 11 is 6.15. The molecule has 208 valence electrons. The third kappa shape index (κ3) is 4.61. The second kappa shape index (κ2) is 10.6. The van der Waals surface area contributed by atoms with Gasteiger partial charge in [0.1, 0.15) is 12.1 Å². The second-order valence-corrected chi connectivity index (χ2v) is 10.1. The highest BCUT2D eigenvalue weighted by Crippen LogP contribution is 2.49. The lowest BCUT2D eigenvalue weighted by Crippen LogP contribution is -2.16. The molecule has 0 saturated heterocycles. The fourth-order valence-corrected chi connectivity index (χ4v) is 5.23. The average molecular weight is 578 g/mol. The average Bonchev–Trinajstić information content (AvgIpc) is 3.60. The molecule has 3 aromatic carbocycles. The molecule has 0 N–H and O–H groups in total. The van der Waals surface area contributed by atoms with Crippen LogP contribution in [0.1, 0.15) is 39.7 Å². The summed E-state index contributed by atoms with van der Waals surface area (Å²) in [6, 6.07) is 25.2. The molecule has 0 spiro atoms. The number of oxime groups is 1. The summed E-state index contributed by atoms with van der Waals surface area (Å²) in [6.45, 7) is 2.06. The predicted octanol–water partition coefficient (Wildman–Crippen LogP) is 6.12. The zero-order valence-corrected chi connectivity index (χ0v) is 23.4. The summed E-state index contributed by atoms with van der Waals surface area (Å²) in [5.41, 5.74) is 5.96. The SMILES string of the molecule is COc1ccc(C=NOCc2nc3c4c(ncn3n2)Oc2c(c(C)nn2-c2ccc(Cl)cc2)C4c2ccccc2)cc1. The lowest BCUT2D eigenvalue weighted by molar-refractivity contribution is 0.126. The number of benzene rings is 3. The van der Waals surface area contributed by atoms with E-state index in [0.29, 0.717) is 28.3 Å². The lowest BCUT2D eigenvalue weighted by Gasteiger charge is -2.26. The van der Waals surface area contributed by atoms with Crippen LogP contribution in [0.4, 0.5) is 0 Å². The number of nitrogens with zero attached hydrogens (tertiary/aromatic N) is 7. The van der Waals surface area contributed by atoms with E-state index in [2.05, 4.69) is 27.4 Å². The number of aryl methyl sites for hydroxylation is 1. The maximum absolute atomic E-state index is 6.46. The highest BCUT2D eigenvalue weighted by Gasteiger charge is 2.38. The van der Waals surface area contributed by atoms with Crippen molar-refractivity contribution in [3.63, 3.8) is 0 Å². The van der Waals surface area contributed by atoms with Gasteiger partial charge in [0.2, 0.25) is 11.8 Å². The maximum atomic E-state index is 6.46. The van der Waals surface area contributed by atoms with Gasteiger partial charge in [-0.1, -0.05) is 47.1 Å². The van der Waals surface area contributed by atoms with Gasteiger partial charge < -0.3 is 14.3 Å². The smallest absolute Gasteiger partial charge is 0.230 e. The molecule has 1 unspecified atom stereocenters. The first-order valence-corrected chi connectivity index (χ1v) is 13.6. The van der Waals surface area contributed by atoms with E-state index in [0.717, 1.165) is 39.4 Å². The zero-order chi connectivity index (χ0) is 28.6. The Kier molecular flexibility index (Phi) is 6.52. The Bertz CT molecular complexity index is 1920. The zero-order valence-electron chi connectivity index (χ0n) is 22.7. The van der Waals surface area contributed by atoms with Crippen molar-refractivity contribution in [2.45, 2.75) is 19.4 Å². The van der Waals surface area contributed by atoms with Crippen LogP contribution in [0.5, 0.6) is 17.5 Å². The van der Waals surface area contributed by atoms with Gasteiger partial charge in [0.25, 0.3) is 0 Å². The minimum Gasteiger partial charge on any atom is -0.497 e. The number of rotatable bonds is 7. The first kappa shape index (κ1) is 25.7. The van der Waals surface area contributed by atoms with E-state index in [9.17, 15) is 0 Å². The van der Waals surface area contributed by atoms with Crippen molar-refractivity contribution in [3.05, 3.63) is 124 Å². The summed E-state index contributed by atoms with van der Waals surface area (Å²) < 4.78 is 15.1. The molecule has 0 saturated carbocycles. The Morgan fingerprint density at radius 1 is 0.976 bits per heavy atom. The van der Waals surface area contributed by atoms with Crippen LogP contribution in [0.25, 0.3) is 11.3 Å². The van der Waals surface area contributed by atoms with Crippen LogP contribution in [0, 0.1) is 6.92 Å². The van der Waals surface area contributed by atoms with Crippen LogP contribution >= 0.6 is 11.6 Å². The second-order valence-electron chi connectivity index (χ2n) is 9.68. The van der Waals surface area contributed by atoms with Gasteiger partial charge >= 0.3 is 0 Å². The molecular formula is C31H24ClN7O3. The minimum atomic E-state index is -0.242. The molecule has 0 fully saturated rings. The van der Waals surface area contributed by atoms with E-state index in [4.69, 9.17) is 36.0 Å². The van der Waals surface area contributed by atoms with Crippen molar-refractivity contribution < 1.29 is 14.3 Å². The molecule has 0 radical (unpaired) electrons. The topological polar surface area (TPSA) is 101 Å². The van der Waals surface area contributed by atoms with Crippen molar-refractivity contribution >= 4 is 23.5 Å². The summed E-state index contributed by atoms with van der Waals surface area (Å²) in [6.07, 6.45) is 3.22. The third-order valence-electron chi connectivity index (χ3n) is 7.05. The standard InChI is InChI=1S/C31H24ClN7O3/c1-19-26-27(21-6-4-3-5-7-21)28-29-35-25(17-41-34-16-20-8-14-24(40-2)15-9-20)37-38(29)18-33-30(28)42-31(26)39(36-19)23-12-10-22(32)11-13-23/h3-16,18,27H,17H2,1-2H3. The Morgan fingerprint density at radius 2 is 1.76 bits per heavy atom. The monoisotopic (exact) mass is 577 g/mol. The van der Waals surface area contributed by atoms with Crippen molar-refractivity contribution in [1.29, 1.82) is 0 Å². The van der Waals surface area contributed by atoms with Gasteiger partial charge in [0.05, 0.1) is 41.8 Å². The summed E-state index contributed by atoms with van der Waals surface area (Å²) in [5.74, 6) is 2.04. The first-order valence-electron chi connectivity index (χ1n) is 13.2. The van der Waals surface area contributed by atoms with Crippen LogP contribution < -0.4 is 9.47 Å². The van der Waals surface area contributed by atoms with Crippen LogP contribution in [0.15, 0.2) is 90.3 Å². The Balaban J connectivity index is 1.26. The minimum absolute atomic E-state index is 0.0821. The summed E-state index contributed by atoms with van der Waals surface area (Å²) in [5, 5.41) is 14.2. The predicted molar refractivity (Wildman–Crippen MR) is 157 cm³/mol. The molecule has 0 bridgehead atoms. The van der Waals surface area contributed by atoms with Gasteiger partial charge in [-0.05, 0) is 66.6 Å². The van der Waals surface area contributed by atoms with Gasteiger partial charge in [-0.2, -0.15) is 5.10 Å². The number of aromatic nitrogens is 6. The number of methoxy groups -OCH3 is 1. The number of hydrogen-bond acceptors (Lipinski definition) is 8. The molecule has 6 aromatic rings. The summed E-state index contributed by atoms with van der Waals surface area (Å²) in [4.78, 5) is 15.0. The van der Waals surface area contributed by atoms with Crippen LogP contribution in [-0.4, -0.2) is 42.7 Å². The molecule has 1 aliphatic rings. The molecule has 11 heteroatoms. The van der Waals surface area contributed by atoms with Crippen molar-refractivity contribution in [1.82, 2.24) is 29.4 Å². The molecule has 1 atom stereocenters. The van der Waals surface area contributed by atoms with Crippen molar-refractivity contribution in [3.8, 4) is 23.2 Å². The van der Waals surface area contributed by atoms with Gasteiger partial charge in [-0.25, -0.2) is 19.2 Å². The molecule has 4 heterocycles. The van der Waals surface area contributed by atoms with E-state index in [-0.39, 0.29) is 12.5 Å². The number of fused-ring (bicyclic) bond motifs is 4. The number of ether oxygens (including phenoxy) is 2. The quantitative estimate of drug-likeness (QED) is 0.166. The largest absolute Gasteiger partial charge is 0.497 e. The normalized spacial score (nSPS) is 14.0. The molecule has 42 heavy (non-hydrogen) atoms. The number of hydrogen-bond donors (Lipinski definition) is 0. The van der Waals surface area contributed by atoms with Gasteiger partial charge in [-0.15, -0.1) is 5.10 Å². The van der Waals surface area contributed by atoms with Crippen LogP contribution in [0.2, 0.25) is 5.02 Å². The van der Waals surface area contributed by atoms with E-state index in [1.165, 1.54) is 0 Å². The molecular weight excluding hydrogens is 554 g/mol. The molecule has 1 aliphatic heterocycles. The lowest BCUT2D eigenvalue weighted by atomic mass is 9.84. The Hall–Kier alpha value is -5.22. The Labute approximate surface area is 245 Å². The maximum Gasteiger partial charge on any atom is 0.230 e. The van der Waals surface area contributed by atoms with E-state index in [1.54, 1.807) is 28.8 Å². The highest BCUT2D eigenvalue weighted by molar-refractivity contribution is 6.30. The number of halogens is 1. The first-order chi connectivity index (χ1) is 20.6. The fourth-order valence-electron chi connectivity index (χ4n) is 5.10. The van der Waals surface area contributed by atoms with Gasteiger partial charge in [0, 0.05) is 5.02 Å². The highest BCUT2D eigenvalue weighted by atomic mass is 35.5. The van der Waals surface area contributed by atoms with E-state index < -0.39 is 0 Å². The fraction of sp³-hybridized carbons (Fsp3) is 0.129. The Morgan fingerprint density at radius 3 is 2.52 bits per heavy atom. The van der Waals surface area contributed by atoms with Crippen molar-refractivity contribution in [2.75, 3.05) is 7.11 Å². The van der Waals surface area contributed by atoms with E-state index >= 15 is 0 Å². The molecule has 7 rings (SSSR count). The van der Waals surface area contributed by atoms with Gasteiger partial charge in [-0.3, -0.25) is 0 Å². The third-order valence-corrected chi connectivity index (χ3v) is 7.31. The molecule has 3 aromatic heterocycles.